The van der Waals surface area contributed by atoms with E-state index >= 15 is 0 Å². The van der Waals surface area contributed by atoms with Crippen LogP contribution in [0.25, 0.3) is 98.4 Å². The second-order valence-corrected chi connectivity index (χ2v) is 14.1. The maximum Gasteiger partial charge on any atom is 0.143 e. The van der Waals surface area contributed by atoms with E-state index in [0.717, 1.165) is 66.1 Å². The van der Waals surface area contributed by atoms with Gasteiger partial charge in [0.25, 0.3) is 0 Å². The predicted octanol–water partition coefficient (Wildman–Crippen LogP) is 13.6. The van der Waals surface area contributed by atoms with Gasteiger partial charge in [-0.15, -0.1) is 0 Å². The van der Waals surface area contributed by atoms with Gasteiger partial charge in [-0.05, 0) is 84.8 Å². The zero-order chi connectivity index (χ0) is 32.1. The molecule has 0 unspecified atom stereocenters. The van der Waals surface area contributed by atoms with Crippen molar-refractivity contribution < 1.29 is 8.83 Å². The minimum Gasteiger partial charge on any atom is -0.455 e. The van der Waals surface area contributed by atoms with Gasteiger partial charge in [0.1, 0.15) is 22.3 Å². The lowest BCUT2D eigenvalue weighted by atomic mass is 9.83. The average molecular weight is 617 g/mol. The third-order valence-corrected chi connectivity index (χ3v) is 10.2. The van der Waals surface area contributed by atoms with Crippen LogP contribution >= 0.6 is 0 Å². The van der Waals surface area contributed by atoms with Gasteiger partial charge in [0.05, 0.1) is 0 Å². The Balaban J connectivity index is 1.25. The molecule has 10 rings (SSSR count). The molecule has 0 aliphatic rings. The third-order valence-electron chi connectivity index (χ3n) is 10.2. The number of hydrogen-bond acceptors (Lipinski definition) is 2. The molecule has 0 radical (unpaired) electrons. The molecule has 0 spiro atoms. The molecule has 0 aliphatic heterocycles. The van der Waals surface area contributed by atoms with Crippen LogP contribution in [-0.2, 0) is 5.41 Å². The van der Waals surface area contributed by atoms with Gasteiger partial charge >= 0.3 is 0 Å². The molecule has 0 amide bonds. The first kappa shape index (κ1) is 27.3. The molecule has 2 aromatic heterocycles. The van der Waals surface area contributed by atoms with E-state index in [-0.39, 0.29) is 5.41 Å². The van der Waals surface area contributed by atoms with Crippen LogP contribution in [0.2, 0.25) is 0 Å². The van der Waals surface area contributed by atoms with Gasteiger partial charge in [-0.2, -0.15) is 0 Å². The summed E-state index contributed by atoms with van der Waals surface area (Å²) in [5.41, 5.74) is 9.57. The summed E-state index contributed by atoms with van der Waals surface area (Å²) in [5.74, 6) is 0. The summed E-state index contributed by atoms with van der Waals surface area (Å²) in [5, 5.41) is 12.1. The number of benzene rings is 8. The predicted molar refractivity (Wildman–Crippen MR) is 203 cm³/mol. The highest BCUT2D eigenvalue weighted by Gasteiger charge is 2.19. The number of rotatable bonds is 2. The van der Waals surface area contributed by atoms with Crippen LogP contribution in [0.4, 0.5) is 0 Å². The quantitative estimate of drug-likeness (QED) is 0.181. The van der Waals surface area contributed by atoms with Gasteiger partial charge in [-0.1, -0.05) is 130 Å². The number of furan rings is 2. The summed E-state index contributed by atoms with van der Waals surface area (Å²) < 4.78 is 12.9. The lowest BCUT2D eigenvalue weighted by molar-refractivity contribution is 0.591. The summed E-state index contributed by atoms with van der Waals surface area (Å²) >= 11 is 0. The Morgan fingerprint density at radius 1 is 0.354 bits per heavy atom. The molecular weight excluding hydrogens is 585 g/mol. The highest BCUT2D eigenvalue weighted by atomic mass is 16.3. The first-order chi connectivity index (χ1) is 23.4. The SMILES string of the molecule is CC(C)(C)c1ccc2c3cc(-c4cccc5c4oc4ccccc45)ccc3c3ccc(-c4cccc5c4oc4ccccc45)cc3c2c1. The van der Waals surface area contributed by atoms with Crippen molar-refractivity contribution in [1.29, 1.82) is 0 Å². The van der Waals surface area contributed by atoms with Crippen molar-refractivity contribution in [2.24, 2.45) is 0 Å². The van der Waals surface area contributed by atoms with Crippen molar-refractivity contribution in [3.05, 3.63) is 145 Å². The van der Waals surface area contributed by atoms with E-state index in [9.17, 15) is 0 Å². The topological polar surface area (TPSA) is 26.3 Å². The number of hydrogen-bond donors (Lipinski definition) is 0. The second kappa shape index (κ2) is 9.82. The molecule has 2 nitrogen and oxygen atoms in total. The molecule has 8 aromatic carbocycles. The Bertz CT molecular complexity index is 2930. The van der Waals surface area contributed by atoms with E-state index in [1.807, 2.05) is 12.1 Å². The summed E-state index contributed by atoms with van der Waals surface area (Å²) in [4.78, 5) is 0. The molecule has 0 N–H and O–H groups in total. The van der Waals surface area contributed by atoms with Crippen LogP contribution in [0.1, 0.15) is 26.3 Å². The fourth-order valence-corrected chi connectivity index (χ4v) is 7.76. The monoisotopic (exact) mass is 616 g/mol. The normalized spacial score (nSPS) is 12.5. The molecule has 2 heteroatoms. The summed E-state index contributed by atoms with van der Waals surface area (Å²) in [6.07, 6.45) is 0. The zero-order valence-electron chi connectivity index (χ0n) is 27.1. The van der Waals surface area contributed by atoms with E-state index in [1.165, 1.54) is 37.9 Å². The molecule has 228 valence electrons. The van der Waals surface area contributed by atoms with Crippen molar-refractivity contribution in [3.8, 4) is 22.3 Å². The fraction of sp³-hybridized carbons (Fsp3) is 0.0870. The smallest absolute Gasteiger partial charge is 0.143 e. The van der Waals surface area contributed by atoms with Gasteiger partial charge < -0.3 is 8.83 Å². The van der Waals surface area contributed by atoms with Crippen LogP contribution in [0, 0.1) is 0 Å². The highest BCUT2D eigenvalue weighted by molar-refractivity contribution is 6.27. The van der Waals surface area contributed by atoms with E-state index in [0.29, 0.717) is 0 Å². The van der Waals surface area contributed by atoms with Gasteiger partial charge in [0.2, 0.25) is 0 Å². The summed E-state index contributed by atoms with van der Waals surface area (Å²) in [7, 11) is 0. The molecule has 10 aromatic rings. The van der Waals surface area contributed by atoms with Crippen molar-refractivity contribution in [2.75, 3.05) is 0 Å². The first-order valence-corrected chi connectivity index (χ1v) is 16.7. The van der Waals surface area contributed by atoms with Gasteiger partial charge in [-0.3, -0.25) is 0 Å². The van der Waals surface area contributed by atoms with Crippen LogP contribution in [0.15, 0.2) is 148 Å². The first-order valence-electron chi connectivity index (χ1n) is 16.7. The Hall–Kier alpha value is -5.86. The second-order valence-electron chi connectivity index (χ2n) is 14.1. The lowest BCUT2D eigenvalue weighted by Gasteiger charge is -2.21. The summed E-state index contributed by atoms with van der Waals surface area (Å²) in [6, 6.07) is 50.4. The van der Waals surface area contributed by atoms with Gasteiger partial charge in [0.15, 0.2) is 0 Å². The van der Waals surface area contributed by atoms with Crippen LogP contribution < -0.4 is 0 Å². The molecule has 0 aliphatic carbocycles. The van der Waals surface area contributed by atoms with Crippen molar-refractivity contribution in [1.82, 2.24) is 0 Å². The van der Waals surface area contributed by atoms with Gasteiger partial charge in [0, 0.05) is 32.7 Å². The molecular formula is C46H32O2. The Kier molecular flexibility index (Phi) is 5.58. The number of para-hydroxylation sites is 4. The van der Waals surface area contributed by atoms with Crippen LogP contribution in [0.3, 0.4) is 0 Å². The molecule has 0 atom stereocenters. The van der Waals surface area contributed by atoms with Crippen LogP contribution in [-0.4, -0.2) is 0 Å². The van der Waals surface area contributed by atoms with E-state index < -0.39 is 0 Å². The van der Waals surface area contributed by atoms with Crippen molar-refractivity contribution in [2.45, 2.75) is 26.2 Å². The molecule has 0 saturated carbocycles. The Morgan fingerprint density at radius 2 is 0.792 bits per heavy atom. The van der Waals surface area contributed by atoms with Crippen LogP contribution in [0.5, 0.6) is 0 Å². The molecule has 48 heavy (non-hydrogen) atoms. The standard InChI is InChI=1S/C46H32O2/c1-46(2,3)29-20-23-34-39-24-27(30-12-8-14-37-35-10-4-6-16-42(35)47-44(30)37)18-21-32(39)33-22-19-28(25-40(33)41(34)26-29)31-13-9-15-38-36-11-5-7-17-43(36)48-45(31)38/h4-26H,1-3H3. The Labute approximate surface area is 277 Å². The fourth-order valence-electron chi connectivity index (χ4n) is 7.76. The number of fused-ring (bicyclic) bond motifs is 12. The average Bonchev–Trinajstić information content (AvgIpc) is 3.69. The zero-order valence-corrected chi connectivity index (χ0v) is 27.1. The maximum atomic E-state index is 6.47. The van der Waals surface area contributed by atoms with Gasteiger partial charge in [-0.25, -0.2) is 0 Å². The van der Waals surface area contributed by atoms with Crippen molar-refractivity contribution >= 4 is 76.2 Å². The lowest BCUT2D eigenvalue weighted by Crippen LogP contribution is -2.10. The van der Waals surface area contributed by atoms with E-state index in [4.69, 9.17) is 8.83 Å². The maximum absolute atomic E-state index is 6.47. The Morgan fingerprint density at radius 3 is 1.33 bits per heavy atom. The third kappa shape index (κ3) is 3.93. The minimum absolute atomic E-state index is 0.0196. The van der Waals surface area contributed by atoms with E-state index in [2.05, 4.69) is 148 Å². The van der Waals surface area contributed by atoms with Crippen molar-refractivity contribution in [3.63, 3.8) is 0 Å². The molecule has 2 heterocycles. The summed E-state index contributed by atoms with van der Waals surface area (Å²) in [6.45, 7) is 6.87. The molecule has 0 bridgehead atoms. The molecule has 0 saturated heterocycles. The largest absolute Gasteiger partial charge is 0.455 e. The minimum atomic E-state index is 0.0196. The molecule has 0 fully saturated rings. The van der Waals surface area contributed by atoms with E-state index in [1.54, 1.807) is 0 Å². The highest BCUT2D eigenvalue weighted by Crippen LogP contribution is 2.43.